The quantitative estimate of drug-likeness (QED) is 0.667. The average Bonchev–Trinajstić information content (AvgIpc) is 2.08. The molecule has 0 aromatic heterocycles. The smallest absolute Gasteiger partial charge is 0.0546 e. The summed E-state index contributed by atoms with van der Waals surface area (Å²) in [6.07, 6.45) is 0. The fourth-order valence-corrected chi connectivity index (χ4v) is 3.81. The van der Waals surface area contributed by atoms with Gasteiger partial charge in [0.05, 0.1) is 6.61 Å². The molecule has 0 rings (SSSR count). The number of halogens is 3. The molecule has 0 fully saturated rings. The number of alkyl halides is 3. The van der Waals surface area contributed by atoms with E-state index in [1.807, 2.05) is 6.92 Å². The zero-order valence-corrected chi connectivity index (χ0v) is 11.3. The molecule has 0 aliphatic rings. The van der Waals surface area contributed by atoms with Gasteiger partial charge in [-0.25, -0.2) is 0 Å². The van der Waals surface area contributed by atoms with Crippen LogP contribution in [0.2, 0.25) is 0 Å². The molecule has 0 radical (unpaired) electrons. The van der Waals surface area contributed by atoms with Crippen molar-refractivity contribution in [2.75, 3.05) is 29.2 Å². The third-order valence-corrected chi connectivity index (χ3v) is 5.03. The van der Waals surface area contributed by atoms with Crippen LogP contribution in [-0.2, 0) is 4.74 Å². The fraction of sp³-hybridized carbons (Fsp3) is 1.00. The van der Waals surface area contributed by atoms with Crippen molar-refractivity contribution < 1.29 is 4.74 Å². The van der Waals surface area contributed by atoms with E-state index in [2.05, 4.69) is 47.8 Å². The van der Waals surface area contributed by atoms with Crippen LogP contribution in [-0.4, -0.2) is 29.2 Å². The summed E-state index contributed by atoms with van der Waals surface area (Å²) in [5, 5.41) is 2.86. The van der Waals surface area contributed by atoms with Crippen molar-refractivity contribution in [2.24, 2.45) is 5.41 Å². The molecule has 0 bridgehead atoms. The summed E-state index contributed by atoms with van der Waals surface area (Å²) in [4.78, 5) is 0. The van der Waals surface area contributed by atoms with Crippen LogP contribution >= 0.6 is 47.8 Å². The topological polar surface area (TPSA) is 9.23 Å². The van der Waals surface area contributed by atoms with E-state index in [-0.39, 0.29) is 5.41 Å². The summed E-state index contributed by atoms with van der Waals surface area (Å²) in [7, 11) is 0. The van der Waals surface area contributed by atoms with Crippen LogP contribution in [0.4, 0.5) is 0 Å². The van der Waals surface area contributed by atoms with Crippen molar-refractivity contribution in [3.05, 3.63) is 0 Å². The van der Waals surface area contributed by atoms with Crippen LogP contribution < -0.4 is 0 Å². The monoisotopic (exact) mass is 350 g/mol. The molecule has 4 heteroatoms. The van der Waals surface area contributed by atoms with Crippen LogP contribution in [0.25, 0.3) is 0 Å². The first kappa shape index (κ1) is 12.4. The molecule has 0 N–H and O–H groups in total. The first-order valence-electron chi connectivity index (χ1n) is 3.50. The minimum atomic E-state index is 0.204. The second-order valence-corrected chi connectivity index (χ2v) is 4.22. The van der Waals surface area contributed by atoms with Crippen molar-refractivity contribution in [3.63, 3.8) is 0 Å². The van der Waals surface area contributed by atoms with Gasteiger partial charge >= 0.3 is 0 Å². The Labute approximate surface area is 93.6 Å². The Morgan fingerprint density at radius 2 is 1.55 bits per heavy atom. The highest BCUT2D eigenvalue weighted by Crippen LogP contribution is 2.25. The maximum atomic E-state index is 5.38. The van der Waals surface area contributed by atoms with Gasteiger partial charge in [-0.3, -0.25) is 0 Å². The zero-order valence-electron chi connectivity index (χ0n) is 6.58. The van der Waals surface area contributed by atoms with Gasteiger partial charge in [0.25, 0.3) is 0 Å². The lowest BCUT2D eigenvalue weighted by molar-refractivity contribution is 0.0889. The summed E-state index contributed by atoms with van der Waals surface area (Å²) in [5.41, 5.74) is 0.204. The maximum absolute atomic E-state index is 5.38. The Morgan fingerprint density at radius 3 is 1.82 bits per heavy atom. The van der Waals surface area contributed by atoms with Gasteiger partial charge in [-0.05, 0) is 6.92 Å². The van der Waals surface area contributed by atoms with Crippen molar-refractivity contribution in [3.8, 4) is 0 Å². The Kier molecular flexibility index (Phi) is 7.74. The number of hydrogen-bond donors (Lipinski definition) is 0. The minimum Gasteiger partial charge on any atom is -0.381 e. The zero-order chi connectivity index (χ0) is 8.74. The van der Waals surface area contributed by atoms with E-state index < -0.39 is 0 Å². The van der Waals surface area contributed by atoms with Crippen molar-refractivity contribution in [1.29, 1.82) is 0 Å². The first-order chi connectivity index (χ1) is 5.24. The molecule has 0 saturated carbocycles. The molecule has 11 heavy (non-hydrogen) atoms. The summed E-state index contributed by atoms with van der Waals surface area (Å²) in [5.74, 6) is 0. The second kappa shape index (κ2) is 6.87. The van der Waals surface area contributed by atoms with Crippen molar-refractivity contribution in [2.45, 2.75) is 6.92 Å². The lowest BCUT2D eigenvalue weighted by atomic mass is 9.98. The molecular formula is C7H13Br3O. The molecule has 0 spiro atoms. The van der Waals surface area contributed by atoms with Gasteiger partial charge in [-0.2, -0.15) is 0 Å². The summed E-state index contributed by atoms with van der Waals surface area (Å²) < 4.78 is 5.38. The SMILES string of the molecule is CCOCC(CBr)(CBr)CBr. The van der Waals surface area contributed by atoms with Crippen molar-refractivity contribution in [1.82, 2.24) is 0 Å². The largest absolute Gasteiger partial charge is 0.381 e. The van der Waals surface area contributed by atoms with Crippen LogP contribution in [0.1, 0.15) is 6.92 Å². The lowest BCUT2D eigenvalue weighted by Gasteiger charge is -2.26. The van der Waals surface area contributed by atoms with Crippen LogP contribution in [0, 0.1) is 5.41 Å². The average molecular weight is 353 g/mol. The van der Waals surface area contributed by atoms with E-state index >= 15 is 0 Å². The van der Waals surface area contributed by atoms with E-state index in [1.54, 1.807) is 0 Å². The highest BCUT2D eigenvalue weighted by Gasteiger charge is 2.26. The number of rotatable bonds is 6. The highest BCUT2D eigenvalue weighted by molar-refractivity contribution is 9.10. The lowest BCUT2D eigenvalue weighted by Crippen LogP contribution is -2.32. The Hall–Kier alpha value is 1.40. The normalized spacial score (nSPS) is 12.0. The van der Waals surface area contributed by atoms with E-state index in [0.29, 0.717) is 0 Å². The van der Waals surface area contributed by atoms with Crippen molar-refractivity contribution >= 4 is 47.8 Å². The maximum Gasteiger partial charge on any atom is 0.0546 e. The third kappa shape index (κ3) is 4.25. The second-order valence-electron chi connectivity index (χ2n) is 2.54. The molecule has 0 aliphatic heterocycles. The van der Waals surface area contributed by atoms with E-state index in [1.165, 1.54) is 0 Å². The Balaban J connectivity index is 3.84. The molecule has 1 nitrogen and oxygen atoms in total. The molecule has 0 saturated heterocycles. The van der Waals surface area contributed by atoms with Crippen LogP contribution in [0.5, 0.6) is 0 Å². The number of ether oxygens (including phenoxy) is 1. The predicted molar refractivity (Wildman–Crippen MR) is 60.3 cm³/mol. The third-order valence-electron chi connectivity index (χ3n) is 1.46. The number of hydrogen-bond acceptors (Lipinski definition) is 1. The van der Waals surface area contributed by atoms with Gasteiger partial charge in [-0.15, -0.1) is 0 Å². The Morgan fingerprint density at radius 1 is 1.09 bits per heavy atom. The van der Waals surface area contributed by atoms with Crippen LogP contribution in [0.15, 0.2) is 0 Å². The first-order valence-corrected chi connectivity index (χ1v) is 6.86. The van der Waals surface area contributed by atoms with E-state index in [0.717, 1.165) is 29.2 Å². The van der Waals surface area contributed by atoms with Gasteiger partial charge in [0.1, 0.15) is 0 Å². The molecule has 0 heterocycles. The molecule has 0 aromatic carbocycles. The summed E-state index contributed by atoms with van der Waals surface area (Å²) >= 11 is 10.5. The van der Waals surface area contributed by atoms with Gasteiger partial charge in [0.2, 0.25) is 0 Å². The van der Waals surface area contributed by atoms with Gasteiger partial charge in [-0.1, -0.05) is 47.8 Å². The molecule has 0 unspecified atom stereocenters. The molecule has 0 atom stereocenters. The standard InChI is InChI=1S/C7H13Br3O/c1-2-11-6-7(3-8,4-9)5-10/h2-6H2,1H3. The highest BCUT2D eigenvalue weighted by atomic mass is 79.9. The summed E-state index contributed by atoms with van der Waals surface area (Å²) in [6, 6.07) is 0. The van der Waals surface area contributed by atoms with Gasteiger partial charge in [0.15, 0.2) is 0 Å². The van der Waals surface area contributed by atoms with Gasteiger partial charge in [0, 0.05) is 28.0 Å². The molecule has 68 valence electrons. The van der Waals surface area contributed by atoms with E-state index in [9.17, 15) is 0 Å². The fourth-order valence-electron chi connectivity index (χ4n) is 0.541. The summed E-state index contributed by atoms with van der Waals surface area (Å²) in [6.45, 7) is 3.60. The minimum absolute atomic E-state index is 0.204. The van der Waals surface area contributed by atoms with E-state index in [4.69, 9.17) is 4.74 Å². The molecular weight excluding hydrogens is 340 g/mol. The van der Waals surface area contributed by atoms with Gasteiger partial charge < -0.3 is 4.74 Å². The van der Waals surface area contributed by atoms with Crippen LogP contribution in [0.3, 0.4) is 0 Å². The Bertz CT molecular complexity index is 85.4. The predicted octanol–water partition coefficient (Wildman–Crippen LogP) is 3.19. The molecule has 0 amide bonds. The molecule has 0 aliphatic carbocycles. The molecule has 0 aromatic rings.